The Morgan fingerprint density at radius 2 is 2.00 bits per heavy atom. The third-order valence-electron chi connectivity index (χ3n) is 5.72. The van der Waals surface area contributed by atoms with Gasteiger partial charge in [-0.05, 0) is 49.1 Å². The Hall–Kier alpha value is -2.44. The minimum atomic E-state index is 0.271. The first-order chi connectivity index (χ1) is 12.8. The number of aryl methyl sites for hydroxylation is 1. The smallest absolute Gasteiger partial charge is 0.225 e. The Bertz CT molecular complexity index is 704. The maximum atomic E-state index is 12.5. The molecule has 26 heavy (non-hydrogen) atoms. The van der Waals surface area contributed by atoms with Gasteiger partial charge in [-0.1, -0.05) is 0 Å². The monoisotopic (exact) mass is 354 g/mol. The third kappa shape index (κ3) is 3.86. The van der Waals surface area contributed by atoms with Crippen LogP contribution in [0.5, 0.6) is 0 Å². The molecule has 2 aromatic heterocycles. The lowest BCUT2D eigenvalue weighted by molar-refractivity contribution is -0.130. The van der Waals surface area contributed by atoms with E-state index in [2.05, 4.69) is 30.0 Å². The molecule has 0 saturated carbocycles. The number of likely N-dealkylation sites (tertiary alicyclic amines) is 1. The van der Waals surface area contributed by atoms with Crippen molar-refractivity contribution in [3.8, 4) is 0 Å². The molecule has 0 aromatic carbocycles. The summed E-state index contributed by atoms with van der Waals surface area (Å²) in [5, 5.41) is 6.74. The topological polar surface area (TPSA) is 78.0 Å². The lowest BCUT2D eigenvalue weighted by Gasteiger charge is -2.35. The zero-order valence-electron chi connectivity index (χ0n) is 15.0. The highest BCUT2D eigenvalue weighted by Gasteiger charge is 2.34. The zero-order chi connectivity index (χ0) is 17.8. The molecule has 7 nitrogen and oxygen atoms in total. The summed E-state index contributed by atoms with van der Waals surface area (Å²) < 4.78 is 0. The predicted molar refractivity (Wildman–Crippen MR) is 98.6 cm³/mol. The van der Waals surface area contributed by atoms with Crippen LogP contribution < -0.4 is 4.90 Å². The SMILES string of the molecule is O=C(CCc1cn[nH]c1)N1CCC(C2CCCN(c3ncccn3)C2)C1. The number of nitrogens with one attached hydrogen (secondary N) is 1. The standard InChI is InChI=1S/C19H26N6O/c26-18(5-4-15-11-22-23-12-15)24-10-6-17(13-24)16-3-1-9-25(14-16)19-20-7-2-8-21-19/h2,7-8,11-12,16-17H,1,3-6,9-10,13-14H2,(H,22,23). The van der Waals surface area contributed by atoms with Crippen LogP contribution in [0, 0.1) is 11.8 Å². The molecule has 0 radical (unpaired) electrons. The average Bonchev–Trinajstić information content (AvgIpc) is 3.39. The Morgan fingerprint density at radius 3 is 2.81 bits per heavy atom. The molecule has 2 aliphatic rings. The van der Waals surface area contributed by atoms with Gasteiger partial charge in [0.05, 0.1) is 6.20 Å². The molecule has 2 atom stereocenters. The zero-order valence-corrected chi connectivity index (χ0v) is 15.0. The fourth-order valence-electron chi connectivity index (χ4n) is 4.25. The quantitative estimate of drug-likeness (QED) is 0.887. The number of anilines is 1. The van der Waals surface area contributed by atoms with Gasteiger partial charge in [-0.3, -0.25) is 9.89 Å². The van der Waals surface area contributed by atoms with E-state index in [-0.39, 0.29) is 5.91 Å². The number of aromatic nitrogens is 4. The molecule has 2 saturated heterocycles. The van der Waals surface area contributed by atoms with E-state index >= 15 is 0 Å². The van der Waals surface area contributed by atoms with Crippen LogP contribution >= 0.6 is 0 Å². The Morgan fingerprint density at radius 1 is 1.15 bits per heavy atom. The van der Waals surface area contributed by atoms with Crippen LogP contribution in [0.3, 0.4) is 0 Å². The second-order valence-electron chi connectivity index (χ2n) is 7.39. The van der Waals surface area contributed by atoms with Crippen molar-refractivity contribution in [3.05, 3.63) is 36.4 Å². The van der Waals surface area contributed by atoms with Gasteiger partial charge in [0.2, 0.25) is 11.9 Å². The first-order valence-electron chi connectivity index (χ1n) is 9.57. The molecule has 1 amide bonds. The third-order valence-corrected chi connectivity index (χ3v) is 5.72. The molecular weight excluding hydrogens is 328 g/mol. The summed E-state index contributed by atoms with van der Waals surface area (Å²) in [6.45, 7) is 3.83. The van der Waals surface area contributed by atoms with Gasteiger partial charge in [-0.15, -0.1) is 0 Å². The van der Waals surface area contributed by atoms with Crippen LogP contribution in [0.25, 0.3) is 0 Å². The second-order valence-corrected chi connectivity index (χ2v) is 7.39. The molecular formula is C19H26N6O. The van der Waals surface area contributed by atoms with Crippen LogP contribution in [0.1, 0.15) is 31.2 Å². The van der Waals surface area contributed by atoms with Crippen LogP contribution in [-0.4, -0.2) is 57.2 Å². The fraction of sp³-hybridized carbons (Fsp3) is 0.579. The highest BCUT2D eigenvalue weighted by atomic mass is 16.2. The summed E-state index contributed by atoms with van der Waals surface area (Å²) >= 11 is 0. The second kappa shape index (κ2) is 7.85. The highest BCUT2D eigenvalue weighted by molar-refractivity contribution is 5.76. The molecule has 4 rings (SSSR count). The van der Waals surface area contributed by atoms with Crippen LogP contribution in [0.15, 0.2) is 30.9 Å². The maximum Gasteiger partial charge on any atom is 0.225 e. The molecule has 2 unspecified atom stereocenters. The molecule has 2 aliphatic heterocycles. The van der Waals surface area contributed by atoms with Crippen molar-refractivity contribution in [1.82, 2.24) is 25.1 Å². The number of amides is 1. The van der Waals surface area contributed by atoms with Gasteiger partial charge in [0, 0.05) is 51.2 Å². The van der Waals surface area contributed by atoms with E-state index in [4.69, 9.17) is 0 Å². The average molecular weight is 354 g/mol. The van der Waals surface area contributed by atoms with Gasteiger partial charge in [0.1, 0.15) is 0 Å². The molecule has 1 N–H and O–H groups in total. The van der Waals surface area contributed by atoms with Gasteiger partial charge in [0.15, 0.2) is 0 Å². The summed E-state index contributed by atoms with van der Waals surface area (Å²) in [5.41, 5.74) is 1.10. The van der Waals surface area contributed by atoms with Gasteiger partial charge in [-0.2, -0.15) is 5.10 Å². The van der Waals surface area contributed by atoms with E-state index in [0.29, 0.717) is 18.3 Å². The minimum Gasteiger partial charge on any atom is -0.342 e. The molecule has 2 aromatic rings. The number of hydrogen-bond acceptors (Lipinski definition) is 5. The summed E-state index contributed by atoms with van der Waals surface area (Å²) in [6, 6.07) is 1.86. The number of H-pyrrole nitrogens is 1. The van der Waals surface area contributed by atoms with E-state index < -0.39 is 0 Å². The van der Waals surface area contributed by atoms with Gasteiger partial charge in [-0.25, -0.2) is 9.97 Å². The lowest BCUT2D eigenvalue weighted by Crippen LogP contribution is -2.40. The van der Waals surface area contributed by atoms with Crippen molar-refractivity contribution >= 4 is 11.9 Å². The van der Waals surface area contributed by atoms with Crippen molar-refractivity contribution in [2.75, 3.05) is 31.1 Å². The highest BCUT2D eigenvalue weighted by Crippen LogP contribution is 2.32. The molecule has 2 fully saturated rings. The Kier molecular flexibility index (Phi) is 5.13. The van der Waals surface area contributed by atoms with Crippen molar-refractivity contribution in [3.63, 3.8) is 0 Å². The number of aromatic amines is 1. The van der Waals surface area contributed by atoms with Gasteiger partial charge in [0.25, 0.3) is 0 Å². The van der Waals surface area contributed by atoms with Crippen LogP contribution in [0.2, 0.25) is 0 Å². The van der Waals surface area contributed by atoms with Gasteiger partial charge < -0.3 is 9.80 Å². The predicted octanol–water partition coefficient (Wildman–Crippen LogP) is 1.90. The minimum absolute atomic E-state index is 0.271. The number of rotatable bonds is 5. The maximum absolute atomic E-state index is 12.5. The molecule has 0 bridgehead atoms. The summed E-state index contributed by atoms with van der Waals surface area (Å²) in [7, 11) is 0. The van der Waals surface area contributed by atoms with E-state index in [0.717, 1.165) is 50.5 Å². The first kappa shape index (κ1) is 17.0. The number of carbonyl (C=O) groups excluding carboxylic acids is 1. The van der Waals surface area contributed by atoms with E-state index in [1.165, 1.54) is 12.8 Å². The first-order valence-corrected chi connectivity index (χ1v) is 9.57. The normalized spacial score (nSPS) is 23.4. The van der Waals surface area contributed by atoms with Gasteiger partial charge >= 0.3 is 0 Å². The van der Waals surface area contributed by atoms with E-state index in [1.54, 1.807) is 6.20 Å². The summed E-state index contributed by atoms with van der Waals surface area (Å²) in [5.74, 6) is 2.33. The van der Waals surface area contributed by atoms with Crippen molar-refractivity contribution in [2.24, 2.45) is 11.8 Å². The molecule has 4 heterocycles. The van der Waals surface area contributed by atoms with Crippen molar-refractivity contribution in [1.29, 1.82) is 0 Å². The number of carbonyl (C=O) groups is 1. The molecule has 7 heteroatoms. The number of piperidine rings is 1. The molecule has 0 spiro atoms. The van der Waals surface area contributed by atoms with E-state index in [9.17, 15) is 4.79 Å². The van der Waals surface area contributed by atoms with Crippen LogP contribution in [-0.2, 0) is 11.2 Å². The summed E-state index contributed by atoms with van der Waals surface area (Å²) in [6.07, 6.45) is 12.1. The van der Waals surface area contributed by atoms with Crippen LogP contribution in [0.4, 0.5) is 5.95 Å². The van der Waals surface area contributed by atoms with Crippen molar-refractivity contribution in [2.45, 2.75) is 32.1 Å². The Labute approximate surface area is 153 Å². The largest absolute Gasteiger partial charge is 0.342 e. The Balaban J connectivity index is 1.29. The number of hydrogen-bond donors (Lipinski definition) is 1. The van der Waals surface area contributed by atoms with E-state index in [1.807, 2.05) is 24.7 Å². The lowest BCUT2D eigenvalue weighted by atomic mass is 9.85. The molecule has 138 valence electrons. The number of nitrogens with zero attached hydrogens (tertiary/aromatic N) is 5. The molecule has 0 aliphatic carbocycles. The summed E-state index contributed by atoms with van der Waals surface area (Å²) in [4.78, 5) is 25.7. The van der Waals surface area contributed by atoms with Crippen molar-refractivity contribution < 1.29 is 4.79 Å². The fourth-order valence-corrected chi connectivity index (χ4v) is 4.25.